The zero-order valence-corrected chi connectivity index (χ0v) is 13.2. The van der Waals surface area contributed by atoms with Crippen LogP contribution in [0, 0.1) is 22.7 Å². The molecule has 7 nitrogen and oxygen atoms in total. The van der Waals surface area contributed by atoms with E-state index in [-0.39, 0.29) is 0 Å². The Bertz CT molecular complexity index is 369. The maximum atomic E-state index is 11.1. The third kappa shape index (κ3) is 8.23. The highest BCUT2D eigenvalue weighted by Crippen LogP contribution is 2.02. The van der Waals surface area contributed by atoms with Gasteiger partial charge in [0.15, 0.2) is 9.76 Å². The first-order valence-electron chi connectivity index (χ1n) is 4.92. The van der Waals surface area contributed by atoms with Gasteiger partial charge in [-0.15, -0.1) is 0 Å². The fourth-order valence-electron chi connectivity index (χ4n) is 0.837. The summed E-state index contributed by atoms with van der Waals surface area (Å²) >= 11 is 0. The van der Waals surface area contributed by atoms with Crippen LogP contribution in [0.3, 0.4) is 0 Å². The molecule has 0 aromatic carbocycles. The van der Waals surface area contributed by atoms with Gasteiger partial charge >= 0.3 is 11.9 Å². The van der Waals surface area contributed by atoms with Crippen molar-refractivity contribution in [3.05, 3.63) is 11.8 Å². The quantitative estimate of drug-likeness (QED) is 0.306. The summed E-state index contributed by atoms with van der Waals surface area (Å²) in [4.78, 5) is 22.2. The van der Waals surface area contributed by atoms with E-state index in [1.165, 1.54) is 6.08 Å². The second-order valence-electron chi connectivity index (χ2n) is 2.90. The monoisotopic (exact) mass is 284 g/mol. The Morgan fingerprint density at radius 2 is 1.72 bits per heavy atom. The van der Waals surface area contributed by atoms with Crippen molar-refractivity contribution < 1.29 is 23.2 Å². The third-order valence-corrected chi connectivity index (χ3v) is 3.30. The summed E-state index contributed by atoms with van der Waals surface area (Å²) in [6.45, 7) is 0. The molecule has 0 spiro atoms. The van der Waals surface area contributed by atoms with Crippen LogP contribution >= 0.6 is 0 Å². The molecule has 0 aliphatic heterocycles. The van der Waals surface area contributed by atoms with Crippen LogP contribution in [0.2, 0.25) is 0 Å². The van der Waals surface area contributed by atoms with Gasteiger partial charge in [0.1, 0.15) is 23.3 Å². The second-order valence-corrected chi connectivity index (χ2v) is 6.02. The van der Waals surface area contributed by atoms with Crippen LogP contribution in [0.25, 0.3) is 0 Å². The van der Waals surface area contributed by atoms with Crippen molar-refractivity contribution in [2.75, 3.05) is 0 Å². The van der Waals surface area contributed by atoms with Crippen LogP contribution in [-0.2, 0) is 23.2 Å². The van der Waals surface area contributed by atoms with Crippen LogP contribution < -0.4 is 0 Å². The molecule has 0 saturated carbocycles. The molecule has 18 heavy (non-hydrogen) atoms. The van der Waals surface area contributed by atoms with E-state index in [1.54, 1.807) is 17.8 Å². The number of carbonyl (C=O) groups excluding carboxylic acids is 2. The minimum absolute atomic E-state index is 0.436. The molecule has 0 N–H and O–H groups in total. The van der Waals surface area contributed by atoms with Crippen LogP contribution in [0.4, 0.5) is 0 Å². The molecule has 0 aromatic heterocycles. The molecule has 0 rings (SSSR count). The van der Waals surface area contributed by atoms with E-state index < -0.39 is 40.8 Å². The Hall–Kier alpha value is -1.95. The van der Waals surface area contributed by atoms with Crippen LogP contribution in [0.15, 0.2) is 11.8 Å². The number of ether oxygens (including phenoxy) is 2. The van der Waals surface area contributed by atoms with Crippen molar-refractivity contribution in [3.8, 4) is 12.1 Å². The van der Waals surface area contributed by atoms with Crippen molar-refractivity contribution in [1.29, 1.82) is 10.5 Å². The lowest BCUT2D eigenvalue weighted by Gasteiger charge is -2.13. The predicted octanol–water partition coefficient (Wildman–Crippen LogP) is -1.88. The van der Waals surface area contributed by atoms with Gasteiger partial charge in [0.2, 0.25) is 0 Å². The Morgan fingerprint density at radius 1 is 1.22 bits per heavy atom. The van der Waals surface area contributed by atoms with E-state index >= 15 is 0 Å². The lowest BCUT2D eigenvalue weighted by atomic mass is 10.4. The fraction of sp³-hybridized carbons (Fsp3) is 0.333. The van der Waals surface area contributed by atoms with Crippen LogP contribution in [-0.4, -0.2) is 38.5 Å². The first-order valence-corrected chi connectivity index (χ1v) is 7.13. The molecule has 0 unspecified atom stereocenters. The highest BCUT2D eigenvalue weighted by atomic mass is 28.3. The highest BCUT2D eigenvalue weighted by Gasteiger charge is 2.15. The predicted molar refractivity (Wildman–Crippen MR) is 65.1 cm³/mol. The summed E-state index contributed by atoms with van der Waals surface area (Å²) < 4.78 is 14.5. The summed E-state index contributed by atoms with van der Waals surface area (Å²) in [5, 5.41) is 16.6. The van der Waals surface area contributed by atoms with Crippen molar-refractivity contribution in [2.24, 2.45) is 0 Å². The summed E-state index contributed by atoms with van der Waals surface area (Å²) in [6.07, 6.45) is -0.714. The molecular weight excluding hydrogens is 272 g/mol. The van der Waals surface area contributed by atoms with Crippen LogP contribution in [0.5, 0.6) is 0 Å². The minimum Gasteiger partial charge on any atom is -0.465 e. The average molecular weight is 284 g/mol. The number of nitrogens with zero attached hydrogens (tertiary/aromatic N) is 2. The van der Waals surface area contributed by atoms with E-state index in [0.717, 1.165) is 0 Å². The molecule has 0 heterocycles. The zero-order chi connectivity index (χ0) is 13.8. The molecule has 0 bridgehead atoms. The number of hydrogen-bond donors (Lipinski definition) is 0. The van der Waals surface area contributed by atoms with E-state index in [2.05, 4.69) is 0 Å². The largest absolute Gasteiger partial charge is 0.465 e. The lowest BCUT2D eigenvalue weighted by Crippen LogP contribution is -2.22. The molecule has 0 aromatic rings. The van der Waals surface area contributed by atoms with Crippen molar-refractivity contribution in [1.82, 2.24) is 0 Å². The summed E-state index contributed by atoms with van der Waals surface area (Å²) in [5.41, 5.74) is 1.65. The molecule has 0 radical (unpaired) electrons. The van der Waals surface area contributed by atoms with E-state index in [9.17, 15) is 9.59 Å². The Kier molecular flexibility index (Phi) is 9.12. The maximum Gasteiger partial charge on any atom is 0.323 e. The van der Waals surface area contributed by atoms with Gasteiger partial charge < -0.3 is 13.6 Å². The van der Waals surface area contributed by atoms with Gasteiger partial charge in [-0.2, -0.15) is 10.5 Å². The molecule has 0 aliphatic carbocycles. The molecule has 9 heteroatoms. The number of carbonyl (C=O) groups is 2. The maximum absolute atomic E-state index is 11.1. The van der Waals surface area contributed by atoms with E-state index in [1.807, 2.05) is 0 Å². The van der Waals surface area contributed by atoms with Crippen molar-refractivity contribution >= 4 is 32.2 Å². The van der Waals surface area contributed by atoms with Gasteiger partial charge in [0.05, 0.1) is 12.1 Å². The van der Waals surface area contributed by atoms with Gasteiger partial charge in [-0.25, -0.2) is 0 Å². The summed E-state index contributed by atoms with van der Waals surface area (Å²) in [6, 6.07) is 3.23. The average Bonchev–Trinajstić information content (AvgIpc) is 2.29. The highest BCUT2D eigenvalue weighted by molar-refractivity contribution is 6.39. The third-order valence-electron chi connectivity index (χ3n) is 1.50. The van der Waals surface area contributed by atoms with Gasteiger partial charge in [0, 0.05) is 0 Å². The number of nitriles is 2. The van der Waals surface area contributed by atoms with E-state index in [0.29, 0.717) is 10.5 Å². The van der Waals surface area contributed by atoms with Crippen LogP contribution in [0.1, 0.15) is 12.8 Å². The van der Waals surface area contributed by atoms with Crippen molar-refractivity contribution in [3.63, 3.8) is 0 Å². The standard InChI is InChI=1S/C9H12N2O5Si2/c10-4-1-7(12)14-9(3-6-18-16-17)15-8(13)2-5-11/h3,6,9H,1-2,18H2,17H3. The summed E-state index contributed by atoms with van der Waals surface area (Å²) in [7, 11) is -0.237. The van der Waals surface area contributed by atoms with E-state index in [4.69, 9.17) is 24.1 Å². The first-order chi connectivity index (χ1) is 8.63. The molecular formula is C9H12N2O5Si2. The Morgan fingerprint density at radius 3 is 2.11 bits per heavy atom. The number of esters is 2. The molecule has 0 amide bonds. The molecule has 0 saturated heterocycles. The Labute approximate surface area is 109 Å². The van der Waals surface area contributed by atoms with Gasteiger partial charge in [0.25, 0.3) is 6.29 Å². The number of hydrogen-bond acceptors (Lipinski definition) is 7. The molecule has 0 fully saturated rings. The minimum atomic E-state index is -1.21. The normalized spacial score (nSPS) is 10.6. The van der Waals surface area contributed by atoms with Gasteiger partial charge in [-0.05, 0) is 6.08 Å². The van der Waals surface area contributed by atoms with Gasteiger partial charge in [-0.3, -0.25) is 9.59 Å². The second kappa shape index (κ2) is 10.2. The molecule has 96 valence electrons. The Balaban J connectivity index is 4.43. The SMILES string of the molecule is N#CCC(=O)OC(C=C[SiH2]O[SiH3])OC(=O)CC#N. The van der Waals surface area contributed by atoms with Gasteiger partial charge in [-0.1, -0.05) is 5.70 Å². The number of rotatable bonds is 7. The fourth-order valence-corrected chi connectivity index (χ4v) is 1.94. The molecule has 0 atom stereocenters. The summed E-state index contributed by atoms with van der Waals surface area (Å²) in [5.74, 6) is -1.60. The smallest absolute Gasteiger partial charge is 0.323 e. The lowest BCUT2D eigenvalue weighted by molar-refractivity contribution is -0.177. The molecule has 0 aliphatic rings. The zero-order valence-electron chi connectivity index (χ0n) is 9.79. The first kappa shape index (κ1) is 16.1. The topological polar surface area (TPSA) is 109 Å². The van der Waals surface area contributed by atoms with Crippen molar-refractivity contribution in [2.45, 2.75) is 19.1 Å².